The number of carbonyl (C=O) groups is 2. The summed E-state index contributed by atoms with van der Waals surface area (Å²) in [6, 6.07) is 5.27. The van der Waals surface area contributed by atoms with Gasteiger partial charge in [-0.25, -0.2) is 4.79 Å². The van der Waals surface area contributed by atoms with Gasteiger partial charge >= 0.3 is 5.97 Å². The minimum absolute atomic E-state index is 0.0580. The molecule has 0 heterocycles. The Morgan fingerprint density at radius 1 is 1.26 bits per heavy atom. The maximum Gasteiger partial charge on any atom is 0.338 e. The summed E-state index contributed by atoms with van der Waals surface area (Å²) < 4.78 is 4.73. The van der Waals surface area contributed by atoms with E-state index in [1.165, 1.54) is 7.11 Å². The first-order chi connectivity index (χ1) is 9.13. The molecule has 4 heteroatoms. The van der Waals surface area contributed by atoms with E-state index in [-0.39, 0.29) is 17.8 Å². The van der Waals surface area contributed by atoms with Crippen LogP contribution in [-0.2, 0) is 9.53 Å². The molecule has 4 nitrogen and oxygen atoms in total. The number of hydrogen-bond acceptors (Lipinski definition) is 3. The topological polar surface area (TPSA) is 55.4 Å². The van der Waals surface area contributed by atoms with Crippen LogP contribution >= 0.6 is 0 Å². The van der Waals surface area contributed by atoms with Gasteiger partial charge in [-0.1, -0.05) is 18.9 Å². The fourth-order valence-electron chi connectivity index (χ4n) is 2.52. The van der Waals surface area contributed by atoms with Crippen molar-refractivity contribution in [3.05, 3.63) is 29.3 Å². The van der Waals surface area contributed by atoms with Gasteiger partial charge in [-0.3, -0.25) is 4.79 Å². The van der Waals surface area contributed by atoms with Gasteiger partial charge in [0.25, 0.3) is 0 Å². The van der Waals surface area contributed by atoms with Gasteiger partial charge in [-0.05, 0) is 37.5 Å². The number of hydrogen-bond donors (Lipinski definition) is 1. The van der Waals surface area contributed by atoms with Gasteiger partial charge in [0.2, 0.25) is 5.91 Å². The van der Waals surface area contributed by atoms with E-state index < -0.39 is 0 Å². The Hall–Kier alpha value is -1.84. The first-order valence-electron chi connectivity index (χ1n) is 6.62. The largest absolute Gasteiger partial charge is 0.465 e. The normalized spacial score (nSPS) is 15.3. The van der Waals surface area contributed by atoms with Crippen LogP contribution in [0.1, 0.15) is 41.6 Å². The van der Waals surface area contributed by atoms with Gasteiger partial charge in [0.05, 0.1) is 12.7 Å². The molecule has 1 amide bonds. The Balaban J connectivity index is 2.16. The third-order valence-corrected chi connectivity index (χ3v) is 3.72. The Bertz CT molecular complexity index is 490. The quantitative estimate of drug-likeness (QED) is 0.851. The van der Waals surface area contributed by atoms with E-state index in [4.69, 9.17) is 4.74 Å². The highest BCUT2D eigenvalue weighted by atomic mass is 16.5. The monoisotopic (exact) mass is 261 g/mol. The van der Waals surface area contributed by atoms with Crippen molar-refractivity contribution in [3.63, 3.8) is 0 Å². The smallest absolute Gasteiger partial charge is 0.338 e. The number of benzene rings is 1. The predicted molar refractivity (Wildman–Crippen MR) is 73.1 cm³/mol. The minimum atomic E-state index is -0.380. The van der Waals surface area contributed by atoms with Gasteiger partial charge in [0.15, 0.2) is 0 Å². The summed E-state index contributed by atoms with van der Waals surface area (Å²) in [5, 5.41) is 2.92. The van der Waals surface area contributed by atoms with Crippen molar-refractivity contribution >= 4 is 17.6 Å². The lowest BCUT2D eigenvalue weighted by atomic mass is 10.0. The third kappa shape index (κ3) is 2.95. The lowest BCUT2D eigenvalue weighted by Crippen LogP contribution is -2.21. The number of esters is 1. The molecule has 1 N–H and O–H groups in total. The molecule has 19 heavy (non-hydrogen) atoms. The molecule has 1 aromatic rings. The van der Waals surface area contributed by atoms with E-state index in [2.05, 4.69) is 5.32 Å². The number of ether oxygens (including phenoxy) is 1. The van der Waals surface area contributed by atoms with Crippen molar-refractivity contribution in [1.29, 1.82) is 0 Å². The molecule has 1 fully saturated rings. The average Bonchev–Trinajstić information content (AvgIpc) is 2.94. The minimum Gasteiger partial charge on any atom is -0.465 e. The molecule has 1 saturated carbocycles. The van der Waals surface area contributed by atoms with Crippen LogP contribution in [0.2, 0.25) is 0 Å². The molecule has 0 radical (unpaired) electrons. The molecule has 102 valence electrons. The fraction of sp³-hybridized carbons (Fsp3) is 0.467. The maximum atomic E-state index is 12.1. The molecule has 1 aliphatic carbocycles. The average molecular weight is 261 g/mol. The van der Waals surface area contributed by atoms with Gasteiger partial charge < -0.3 is 10.1 Å². The van der Waals surface area contributed by atoms with Crippen LogP contribution < -0.4 is 5.32 Å². The lowest BCUT2D eigenvalue weighted by Gasteiger charge is -2.14. The van der Waals surface area contributed by atoms with Crippen molar-refractivity contribution in [1.82, 2.24) is 0 Å². The predicted octanol–water partition coefficient (Wildman–Crippen LogP) is 2.91. The summed E-state index contributed by atoms with van der Waals surface area (Å²) in [6.07, 6.45) is 4.17. The Labute approximate surface area is 113 Å². The van der Waals surface area contributed by atoms with Gasteiger partial charge in [-0.2, -0.15) is 0 Å². The van der Waals surface area contributed by atoms with Crippen molar-refractivity contribution in [3.8, 4) is 0 Å². The van der Waals surface area contributed by atoms with E-state index in [9.17, 15) is 9.59 Å². The highest BCUT2D eigenvalue weighted by Gasteiger charge is 2.23. The zero-order chi connectivity index (χ0) is 13.8. The van der Waals surface area contributed by atoms with Gasteiger partial charge in [0.1, 0.15) is 0 Å². The fourth-order valence-corrected chi connectivity index (χ4v) is 2.52. The molecule has 0 bridgehead atoms. The van der Waals surface area contributed by atoms with Gasteiger partial charge in [-0.15, -0.1) is 0 Å². The SMILES string of the molecule is COC(=O)c1cccc(NC(=O)C2CCCC2)c1C. The number of methoxy groups -OCH3 is 1. The second-order valence-electron chi connectivity index (χ2n) is 4.94. The second-order valence-corrected chi connectivity index (χ2v) is 4.94. The van der Waals surface area contributed by atoms with Crippen LogP contribution in [0.5, 0.6) is 0 Å². The molecule has 0 atom stereocenters. The van der Waals surface area contributed by atoms with Crippen LogP contribution in [0.25, 0.3) is 0 Å². The molecule has 0 unspecified atom stereocenters. The van der Waals surface area contributed by atoms with E-state index in [0.717, 1.165) is 31.2 Å². The van der Waals surface area contributed by atoms with Gasteiger partial charge in [0, 0.05) is 11.6 Å². The second kappa shape index (κ2) is 5.87. The van der Waals surface area contributed by atoms with Crippen LogP contribution in [0.3, 0.4) is 0 Å². The summed E-state index contributed by atoms with van der Waals surface area (Å²) in [5.41, 5.74) is 1.94. The molecule has 1 aliphatic rings. The highest BCUT2D eigenvalue weighted by Crippen LogP contribution is 2.27. The number of nitrogens with one attached hydrogen (secondary N) is 1. The third-order valence-electron chi connectivity index (χ3n) is 3.72. The highest BCUT2D eigenvalue weighted by molar-refractivity contribution is 5.97. The molecular formula is C15H19NO3. The van der Waals surface area contributed by atoms with E-state index in [1.807, 2.05) is 13.0 Å². The summed E-state index contributed by atoms with van der Waals surface area (Å²) in [4.78, 5) is 23.7. The molecule has 1 aromatic carbocycles. The van der Waals surface area contributed by atoms with Crippen molar-refractivity contribution in [2.45, 2.75) is 32.6 Å². The van der Waals surface area contributed by atoms with E-state index >= 15 is 0 Å². The number of amides is 1. The molecule has 2 rings (SSSR count). The molecule has 0 spiro atoms. The van der Waals surface area contributed by atoms with Crippen molar-refractivity contribution in [2.24, 2.45) is 5.92 Å². The Morgan fingerprint density at radius 2 is 1.95 bits per heavy atom. The zero-order valence-corrected chi connectivity index (χ0v) is 11.4. The Kier molecular flexibility index (Phi) is 4.20. The first-order valence-corrected chi connectivity index (χ1v) is 6.62. The molecule has 0 saturated heterocycles. The van der Waals surface area contributed by atoms with Crippen molar-refractivity contribution in [2.75, 3.05) is 12.4 Å². The number of rotatable bonds is 3. The summed E-state index contributed by atoms with van der Waals surface area (Å²) in [7, 11) is 1.35. The zero-order valence-electron chi connectivity index (χ0n) is 11.4. The van der Waals surface area contributed by atoms with Crippen LogP contribution in [0, 0.1) is 12.8 Å². The van der Waals surface area contributed by atoms with Crippen molar-refractivity contribution < 1.29 is 14.3 Å². The first kappa shape index (κ1) is 13.6. The molecular weight excluding hydrogens is 242 g/mol. The lowest BCUT2D eigenvalue weighted by molar-refractivity contribution is -0.119. The molecule has 0 aromatic heterocycles. The Morgan fingerprint density at radius 3 is 2.58 bits per heavy atom. The summed E-state index contributed by atoms with van der Waals surface area (Å²) >= 11 is 0. The number of anilines is 1. The van der Waals surface area contributed by atoms with Crippen LogP contribution in [-0.4, -0.2) is 19.0 Å². The van der Waals surface area contributed by atoms with Crippen LogP contribution in [0.15, 0.2) is 18.2 Å². The van der Waals surface area contributed by atoms with E-state index in [0.29, 0.717) is 11.3 Å². The number of carbonyl (C=O) groups excluding carboxylic acids is 2. The summed E-state index contributed by atoms with van der Waals surface area (Å²) in [5.74, 6) is -0.210. The summed E-state index contributed by atoms with van der Waals surface area (Å²) in [6.45, 7) is 1.82. The standard InChI is InChI=1S/C15H19NO3/c1-10-12(15(18)19-2)8-5-9-13(10)16-14(17)11-6-3-4-7-11/h5,8-9,11H,3-4,6-7H2,1-2H3,(H,16,17). The molecule has 0 aliphatic heterocycles. The van der Waals surface area contributed by atoms with E-state index in [1.54, 1.807) is 12.1 Å². The maximum absolute atomic E-state index is 12.1. The van der Waals surface area contributed by atoms with Crippen LogP contribution in [0.4, 0.5) is 5.69 Å².